The number of quaternary nitrogens is 1. The number of nitriles is 1. The van der Waals surface area contributed by atoms with Gasteiger partial charge in [0.15, 0.2) is 0 Å². The average molecular weight is 583 g/mol. The molecule has 0 unspecified atom stereocenters. The van der Waals surface area contributed by atoms with E-state index >= 15 is 0 Å². The molecule has 0 fully saturated rings. The maximum atomic E-state index is 8.52. The third-order valence-electron chi connectivity index (χ3n) is 0. The second-order valence-electron chi connectivity index (χ2n) is 3.51. The topological polar surface area (TPSA) is 412 Å². The summed E-state index contributed by atoms with van der Waals surface area (Å²) in [6, 6.07) is 1.75. The van der Waals surface area contributed by atoms with Crippen LogP contribution < -0.4 is 6.15 Å². The molecule has 0 aliphatic carbocycles. The van der Waals surface area contributed by atoms with Crippen molar-refractivity contribution in [1.82, 2.24) is 6.15 Å². The molecule has 0 rings (SSSR count). The molecule has 0 bridgehead atoms. The van der Waals surface area contributed by atoms with Crippen LogP contribution in [0.2, 0.25) is 0 Å². The van der Waals surface area contributed by atoms with Crippen LogP contribution >= 0.6 is 0 Å². The number of hydrogen-bond donors (Lipinski definition) is 2. The van der Waals surface area contributed by atoms with Gasteiger partial charge in [0.2, 0.25) is 0 Å². The van der Waals surface area contributed by atoms with Crippen molar-refractivity contribution in [2.24, 2.45) is 0 Å². The van der Waals surface area contributed by atoms with E-state index < -0.39 is 31.0 Å². The van der Waals surface area contributed by atoms with Crippen LogP contribution in [-0.2, 0) is 0 Å². The van der Waals surface area contributed by atoms with E-state index in [9.17, 15) is 0 Å². The third-order valence-corrected chi connectivity index (χ3v) is 0. The molecule has 0 saturated heterocycles. The average Bonchev–Trinajstić information content (AvgIpc) is 2.21. The molecule has 0 atom stereocenters. The van der Waals surface area contributed by atoms with Crippen molar-refractivity contribution in [3.8, 4) is 6.07 Å². The first kappa shape index (κ1) is 56.3. The molecule has 24 heteroatoms. The Kier molecular flexibility index (Phi) is 84.2. The first-order chi connectivity index (χ1) is 12.1. The quantitative estimate of drug-likeness (QED) is 0.289. The van der Waals surface area contributed by atoms with E-state index in [1.165, 1.54) is 6.92 Å². The summed E-state index contributed by atoms with van der Waals surface area (Å²) in [5, 5.41) is 89.6. The van der Waals surface area contributed by atoms with E-state index in [4.69, 9.17) is 87.0 Å². The SMILES string of the molecule is CC#N.CC(C)(C)O.O=[N+]([O-])[O-].O=[N+]([O-])[O-].O=[N+]([O-])[O-].O=[N+]([O-])[O-].O=[N+]([O-])[O-].[Ce+4].[NH4+]. The molecule has 5 N–H and O–H groups in total. The smallest absolute Gasteiger partial charge is 0.391 e. The van der Waals surface area contributed by atoms with E-state index in [1.807, 2.05) is 0 Å². The van der Waals surface area contributed by atoms with Crippen LogP contribution in [0, 0.1) is 130 Å². The number of nitrogens with zero attached hydrogens (tertiary/aromatic N) is 6. The molecule has 0 heterocycles. The third kappa shape index (κ3) is 1360. The molecule has 0 aromatic carbocycles. The van der Waals surface area contributed by atoms with Gasteiger partial charge in [-0.05, 0) is 20.8 Å². The minimum Gasteiger partial charge on any atom is -0.391 e. The largest absolute Gasteiger partial charge is 4.00 e. The minimum absolute atomic E-state index is 0. The summed E-state index contributed by atoms with van der Waals surface area (Å²) in [5.74, 6) is 0. The molecule has 0 spiro atoms. The van der Waals surface area contributed by atoms with Crippen molar-refractivity contribution in [2.45, 2.75) is 33.3 Å². The maximum absolute atomic E-state index is 8.52. The Morgan fingerprint density at radius 3 is 0.633 bits per heavy atom. The van der Waals surface area contributed by atoms with Crippen LogP contribution in [0.4, 0.5) is 0 Å². The second-order valence-corrected chi connectivity index (χ2v) is 3.51. The Balaban J connectivity index is -0.0000000243. The monoisotopic (exact) mass is 583 g/mol. The molecule has 176 valence electrons. The molecule has 0 aliphatic heterocycles. The number of aliphatic hydroxyl groups is 1. The maximum Gasteiger partial charge on any atom is 4.00 e. The summed E-state index contributed by atoms with van der Waals surface area (Å²) in [6.45, 7) is 6.66. The molecule has 0 aromatic rings. The standard InChI is InChI=1S/C4H10O.C2H3N.Ce.5NO3.H3N/c1-4(2,3)5;1-2-3;;5*2-1(3)4;/h5H,1-3H3;1H3;;;;;;;1H3/q;;+4;5*-1;/p+1. The van der Waals surface area contributed by atoms with Crippen molar-refractivity contribution in [1.29, 1.82) is 5.26 Å². The molecular formula is C6H17CeN7O16. The normalized spacial score (nSPS) is 6.27. The van der Waals surface area contributed by atoms with Crippen molar-refractivity contribution in [2.75, 3.05) is 0 Å². The first-order valence-corrected chi connectivity index (χ1v) is 5.19. The Morgan fingerprint density at radius 1 is 0.633 bits per heavy atom. The number of rotatable bonds is 0. The van der Waals surface area contributed by atoms with Crippen molar-refractivity contribution in [3.05, 3.63) is 76.6 Å². The van der Waals surface area contributed by atoms with Crippen LogP contribution in [0.1, 0.15) is 27.7 Å². The van der Waals surface area contributed by atoms with Crippen LogP contribution in [0.3, 0.4) is 0 Å². The molecule has 0 radical (unpaired) electrons. The van der Waals surface area contributed by atoms with Gasteiger partial charge in [0.1, 0.15) is 0 Å². The Bertz CT molecular complexity index is 366. The molecule has 23 nitrogen and oxygen atoms in total. The predicted molar refractivity (Wildman–Crippen MR) is 91.1 cm³/mol. The number of hydrogen-bond acceptors (Lipinski definition) is 17. The molecule has 0 amide bonds. The van der Waals surface area contributed by atoms with Gasteiger partial charge in [-0.2, -0.15) is 5.26 Å². The van der Waals surface area contributed by atoms with Gasteiger partial charge in [0.05, 0.1) is 37.1 Å². The summed E-state index contributed by atoms with van der Waals surface area (Å²) in [4.78, 5) is 41.2. The fourth-order valence-electron chi connectivity index (χ4n) is 0. The summed E-state index contributed by atoms with van der Waals surface area (Å²) in [5.41, 5.74) is -0.500. The summed E-state index contributed by atoms with van der Waals surface area (Å²) in [6.07, 6.45) is 0. The summed E-state index contributed by atoms with van der Waals surface area (Å²) < 4.78 is 0. The van der Waals surface area contributed by atoms with Gasteiger partial charge in [0, 0.05) is 6.92 Å². The molecule has 30 heavy (non-hydrogen) atoms. The molecule has 0 saturated carbocycles. The van der Waals surface area contributed by atoms with E-state index in [2.05, 4.69) is 0 Å². The van der Waals surface area contributed by atoms with E-state index in [1.54, 1.807) is 26.8 Å². The summed E-state index contributed by atoms with van der Waals surface area (Å²) in [7, 11) is 0. The van der Waals surface area contributed by atoms with E-state index in [0.717, 1.165) is 0 Å². The molecular weight excluding hydrogens is 566 g/mol. The van der Waals surface area contributed by atoms with Gasteiger partial charge in [-0.1, -0.05) is 0 Å². The van der Waals surface area contributed by atoms with Gasteiger partial charge in [0.25, 0.3) is 0 Å². The fourth-order valence-corrected chi connectivity index (χ4v) is 0. The zero-order chi connectivity index (χ0) is 25.1. The Labute approximate surface area is 199 Å². The van der Waals surface area contributed by atoms with Gasteiger partial charge < -0.3 is 87.9 Å². The van der Waals surface area contributed by atoms with E-state index in [-0.39, 0.29) is 47.9 Å². The molecule has 0 aromatic heterocycles. The van der Waals surface area contributed by atoms with Crippen molar-refractivity contribution >= 4 is 0 Å². The molecule has 0 aliphatic rings. The van der Waals surface area contributed by atoms with Gasteiger partial charge in [-0.15, -0.1) is 0 Å². The zero-order valence-corrected chi connectivity index (χ0v) is 18.9. The van der Waals surface area contributed by atoms with Crippen molar-refractivity contribution in [3.63, 3.8) is 0 Å². The van der Waals surface area contributed by atoms with Crippen molar-refractivity contribution < 1.29 is 72.3 Å². The van der Waals surface area contributed by atoms with Gasteiger partial charge in [-0.3, -0.25) is 0 Å². The second kappa shape index (κ2) is 44.9. The Morgan fingerprint density at radius 2 is 0.633 bits per heavy atom. The van der Waals surface area contributed by atoms with E-state index in [0.29, 0.717) is 0 Å². The Hall–Kier alpha value is -3.21. The van der Waals surface area contributed by atoms with Crippen LogP contribution in [0.15, 0.2) is 0 Å². The predicted octanol–water partition coefficient (Wildman–Crippen LogP) is 0.488. The van der Waals surface area contributed by atoms with Gasteiger partial charge >= 0.3 is 41.7 Å². The minimum atomic E-state index is -1.75. The fraction of sp³-hybridized carbons (Fsp3) is 0.833. The first-order valence-electron chi connectivity index (χ1n) is 5.19. The van der Waals surface area contributed by atoms with Crippen LogP contribution in [0.25, 0.3) is 0 Å². The summed E-state index contributed by atoms with van der Waals surface area (Å²) >= 11 is 0. The zero-order valence-electron chi connectivity index (χ0n) is 15.8. The van der Waals surface area contributed by atoms with Crippen LogP contribution in [-0.4, -0.2) is 36.1 Å². The van der Waals surface area contributed by atoms with Gasteiger partial charge in [-0.25, -0.2) is 0 Å². The van der Waals surface area contributed by atoms with Crippen LogP contribution in [0.5, 0.6) is 0 Å².